The Morgan fingerprint density at radius 2 is 1.77 bits per heavy atom. The highest BCUT2D eigenvalue weighted by molar-refractivity contribution is 14.0. The van der Waals surface area contributed by atoms with Crippen LogP contribution in [-0.4, -0.2) is 78.1 Å². The van der Waals surface area contributed by atoms with E-state index in [1.54, 1.807) is 14.2 Å². The zero-order valence-corrected chi connectivity index (χ0v) is 19.6. The monoisotopic (exact) mass is 484 g/mol. The molecule has 0 heterocycles. The number of guanidine groups is 1. The molecule has 0 amide bonds. The number of nitrogens with zero attached hydrogens (tertiary/aromatic N) is 2. The molecule has 0 aliphatic heterocycles. The molecule has 6 nitrogen and oxygen atoms in total. The molecule has 1 fully saturated rings. The largest absolute Gasteiger partial charge is 0.385 e. The van der Waals surface area contributed by atoms with E-state index >= 15 is 0 Å². The van der Waals surface area contributed by atoms with Crippen LogP contribution < -0.4 is 10.6 Å². The lowest BCUT2D eigenvalue weighted by Crippen LogP contribution is -2.39. The highest BCUT2D eigenvalue weighted by atomic mass is 127. The Bertz CT molecular complexity index is 363. The second kappa shape index (κ2) is 15.9. The third-order valence-corrected chi connectivity index (χ3v) is 5.10. The summed E-state index contributed by atoms with van der Waals surface area (Å²) < 4.78 is 10.4. The number of hydrogen-bond acceptors (Lipinski definition) is 4. The van der Waals surface area contributed by atoms with Gasteiger partial charge in [-0.05, 0) is 51.6 Å². The molecule has 0 aromatic rings. The van der Waals surface area contributed by atoms with E-state index in [1.807, 2.05) is 0 Å². The van der Waals surface area contributed by atoms with Gasteiger partial charge in [-0.1, -0.05) is 12.8 Å². The predicted molar refractivity (Wildman–Crippen MR) is 121 cm³/mol. The third-order valence-electron chi connectivity index (χ3n) is 5.10. The average molecular weight is 484 g/mol. The van der Waals surface area contributed by atoms with Gasteiger partial charge in [0.25, 0.3) is 0 Å². The van der Waals surface area contributed by atoms with Crippen molar-refractivity contribution in [1.29, 1.82) is 0 Å². The molecule has 0 aromatic heterocycles. The van der Waals surface area contributed by atoms with Gasteiger partial charge in [-0.25, -0.2) is 0 Å². The first kappa shape index (κ1) is 25.9. The maximum Gasteiger partial charge on any atom is 0.191 e. The van der Waals surface area contributed by atoms with Crippen LogP contribution in [0.4, 0.5) is 0 Å². The summed E-state index contributed by atoms with van der Waals surface area (Å²) >= 11 is 0. The zero-order chi connectivity index (χ0) is 18.4. The number of hydrogen-bond donors (Lipinski definition) is 2. The van der Waals surface area contributed by atoms with Crippen LogP contribution >= 0.6 is 24.0 Å². The van der Waals surface area contributed by atoms with Crippen molar-refractivity contribution in [3.05, 3.63) is 0 Å². The Morgan fingerprint density at radius 1 is 1.08 bits per heavy atom. The van der Waals surface area contributed by atoms with E-state index in [-0.39, 0.29) is 24.0 Å². The van der Waals surface area contributed by atoms with Gasteiger partial charge in [0.15, 0.2) is 5.96 Å². The molecule has 0 bridgehead atoms. The van der Waals surface area contributed by atoms with Gasteiger partial charge in [0.1, 0.15) is 0 Å². The summed E-state index contributed by atoms with van der Waals surface area (Å²) in [5.41, 5.74) is 0.346. The molecule has 1 saturated carbocycles. The molecule has 2 N–H and O–H groups in total. The number of nitrogens with one attached hydrogen (secondary N) is 2. The van der Waals surface area contributed by atoms with E-state index in [1.165, 1.54) is 25.7 Å². The van der Waals surface area contributed by atoms with Crippen LogP contribution in [0.1, 0.15) is 45.4 Å². The Morgan fingerprint density at radius 3 is 2.38 bits per heavy atom. The van der Waals surface area contributed by atoms with Gasteiger partial charge in [-0.2, -0.15) is 0 Å². The predicted octanol–water partition coefficient (Wildman–Crippen LogP) is 2.72. The van der Waals surface area contributed by atoms with Crippen LogP contribution in [0.2, 0.25) is 0 Å². The summed E-state index contributed by atoms with van der Waals surface area (Å²) in [7, 11) is 5.68. The molecule has 1 rings (SSSR count). The molecule has 0 radical (unpaired) electrons. The maximum absolute atomic E-state index is 5.32. The minimum Gasteiger partial charge on any atom is -0.385 e. The average Bonchev–Trinajstić information content (AvgIpc) is 3.08. The third kappa shape index (κ3) is 10.9. The highest BCUT2D eigenvalue weighted by Gasteiger charge is 2.33. The molecule has 0 saturated heterocycles. The van der Waals surface area contributed by atoms with Gasteiger partial charge < -0.3 is 25.0 Å². The number of ether oxygens (including phenoxy) is 2. The van der Waals surface area contributed by atoms with Crippen LogP contribution in [0.3, 0.4) is 0 Å². The number of methoxy groups -OCH3 is 2. The highest BCUT2D eigenvalue weighted by Crippen LogP contribution is 2.41. The molecule has 1 aliphatic rings. The topological polar surface area (TPSA) is 58.1 Å². The SMILES string of the molecule is CCNC(=NCC1(CCOC)CCCC1)NCCCN(C)CCOC.I. The van der Waals surface area contributed by atoms with Gasteiger partial charge >= 0.3 is 0 Å². The van der Waals surface area contributed by atoms with Gasteiger partial charge in [-0.15, -0.1) is 24.0 Å². The van der Waals surface area contributed by atoms with E-state index in [0.717, 1.165) is 64.7 Å². The van der Waals surface area contributed by atoms with E-state index in [0.29, 0.717) is 5.41 Å². The van der Waals surface area contributed by atoms with Crippen molar-refractivity contribution in [2.75, 3.05) is 67.2 Å². The molecular formula is C19H41IN4O2. The zero-order valence-electron chi connectivity index (χ0n) is 17.3. The van der Waals surface area contributed by atoms with E-state index < -0.39 is 0 Å². The summed E-state index contributed by atoms with van der Waals surface area (Å²) in [6.45, 7) is 8.52. The lowest BCUT2D eigenvalue weighted by molar-refractivity contribution is 0.141. The van der Waals surface area contributed by atoms with Crippen molar-refractivity contribution >= 4 is 29.9 Å². The fraction of sp³-hybridized carbons (Fsp3) is 0.947. The molecule has 26 heavy (non-hydrogen) atoms. The quantitative estimate of drug-likeness (QED) is 0.182. The fourth-order valence-corrected chi connectivity index (χ4v) is 3.43. The standard InChI is InChI=1S/C19H40N4O2.HI/c1-5-20-18(21-12-8-13-23(2)14-16-25-4)22-17-19(11-15-24-3)9-6-7-10-19;/h5-17H2,1-4H3,(H2,20,21,22);1H. The Balaban J connectivity index is 0.00000625. The lowest BCUT2D eigenvalue weighted by Gasteiger charge is -2.27. The molecule has 0 aromatic carbocycles. The van der Waals surface area contributed by atoms with E-state index in [4.69, 9.17) is 14.5 Å². The van der Waals surface area contributed by atoms with E-state index in [9.17, 15) is 0 Å². The lowest BCUT2D eigenvalue weighted by atomic mass is 9.83. The van der Waals surface area contributed by atoms with Gasteiger partial charge in [-0.3, -0.25) is 4.99 Å². The van der Waals surface area contributed by atoms with Crippen LogP contribution in [0.5, 0.6) is 0 Å². The number of likely N-dealkylation sites (N-methyl/N-ethyl adjacent to an activating group) is 1. The summed E-state index contributed by atoms with van der Waals surface area (Å²) in [5.74, 6) is 0.950. The maximum atomic E-state index is 5.32. The fourth-order valence-electron chi connectivity index (χ4n) is 3.43. The van der Waals surface area contributed by atoms with Crippen molar-refractivity contribution < 1.29 is 9.47 Å². The van der Waals surface area contributed by atoms with Crippen LogP contribution in [0, 0.1) is 5.41 Å². The smallest absolute Gasteiger partial charge is 0.191 e. The molecule has 0 spiro atoms. The van der Waals surface area contributed by atoms with E-state index in [2.05, 4.69) is 29.5 Å². The first-order chi connectivity index (χ1) is 12.2. The molecule has 0 unspecified atom stereocenters. The van der Waals surface area contributed by atoms with Crippen LogP contribution in [0.25, 0.3) is 0 Å². The van der Waals surface area contributed by atoms with Gasteiger partial charge in [0.2, 0.25) is 0 Å². The molecule has 1 aliphatic carbocycles. The summed E-state index contributed by atoms with van der Waals surface area (Å²) in [4.78, 5) is 7.19. The minimum absolute atomic E-state index is 0. The Hall–Kier alpha value is -0.120. The number of rotatable bonds is 13. The summed E-state index contributed by atoms with van der Waals surface area (Å²) in [6, 6.07) is 0. The Labute approximate surface area is 177 Å². The number of halogens is 1. The van der Waals surface area contributed by atoms with Crippen LogP contribution in [0.15, 0.2) is 4.99 Å². The molecule has 7 heteroatoms. The number of aliphatic imine (C=N–C) groups is 1. The van der Waals surface area contributed by atoms with Crippen molar-refractivity contribution in [2.24, 2.45) is 10.4 Å². The second-order valence-corrected chi connectivity index (χ2v) is 7.22. The molecule has 0 atom stereocenters. The van der Waals surface area contributed by atoms with Gasteiger partial charge in [0.05, 0.1) is 6.61 Å². The summed E-state index contributed by atoms with van der Waals surface area (Å²) in [6.07, 6.45) is 7.44. The molecular weight excluding hydrogens is 443 g/mol. The normalized spacial score (nSPS) is 16.6. The van der Waals surface area contributed by atoms with Crippen LogP contribution in [-0.2, 0) is 9.47 Å². The van der Waals surface area contributed by atoms with Gasteiger partial charge in [0, 0.05) is 47.0 Å². The summed E-state index contributed by atoms with van der Waals surface area (Å²) in [5, 5.41) is 6.86. The first-order valence-electron chi connectivity index (χ1n) is 9.84. The first-order valence-corrected chi connectivity index (χ1v) is 9.84. The van der Waals surface area contributed by atoms with Crippen molar-refractivity contribution in [1.82, 2.24) is 15.5 Å². The van der Waals surface area contributed by atoms with Crippen molar-refractivity contribution in [3.63, 3.8) is 0 Å². The van der Waals surface area contributed by atoms with Crippen molar-refractivity contribution in [2.45, 2.75) is 45.4 Å². The second-order valence-electron chi connectivity index (χ2n) is 7.22. The Kier molecular flexibility index (Phi) is 15.8. The molecule has 156 valence electrons. The van der Waals surface area contributed by atoms with Crippen molar-refractivity contribution in [3.8, 4) is 0 Å². The minimum atomic E-state index is 0.